The van der Waals surface area contributed by atoms with Crippen molar-refractivity contribution in [2.24, 2.45) is 0 Å². The van der Waals surface area contributed by atoms with Gasteiger partial charge in [-0.1, -0.05) is 11.6 Å². The molecule has 3 aromatic rings. The largest absolute Gasteiger partial charge is 0.467 e. The van der Waals surface area contributed by atoms with Crippen LogP contribution in [0.1, 0.15) is 36.7 Å². The molecular formula is C20H18ClN3O2. The molecule has 5 nitrogen and oxygen atoms in total. The molecule has 6 heteroatoms. The molecule has 0 spiro atoms. The summed E-state index contributed by atoms with van der Waals surface area (Å²) in [7, 11) is 0. The van der Waals surface area contributed by atoms with Crippen molar-refractivity contribution in [2.45, 2.75) is 31.4 Å². The van der Waals surface area contributed by atoms with E-state index in [2.05, 4.69) is 11.0 Å². The number of anilines is 1. The van der Waals surface area contributed by atoms with E-state index < -0.39 is 6.10 Å². The van der Waals surface area contributed by atoms with E-state index in [0.29, 0.717) is 22.8 Å². The normalized spacial score (nSPS) is 18.2. The third kappa shape index (κ3) is 3.14. The summed E-state index contributed by atoms with van der Waals surface area (Å²) in [5.41, 5.74) is 1.31. The number of rotatable bonds is 4. The average Bonchev–Trinajstić information content (AvgIpc) is 3.32. The van der Waals surface area contributed by atoms with E-state index >= 15 is 0 Å². The number of benzene rings is 1. The summed E-state index contributed by atoms with van der Waals surface area (Å²) in [6.45, 7) is 0.854. The van der Waals surface area contributed by atoms with E-state index in [1.54, 1.807) is 30.5 Å². The highest BCUT2D eigenvalue weighted by Gasteiger charge is 2.29. The summed E-state index contributed by atoms with van der Waals surface area (Å²) in [5.74, 6) is 1.35. The Bertz CT molecular complexity index is 965. The number of furan rings is 1. The van der Waals surface area contributed by atoms with Crippen molar-refractivity contribution in [3.05, 3.63) is 59.0 Å². The van der Waals surface area contributed by atoms with Crippen LogP contribution in [0.4, 0.5) is 5.82 Å². The van der Waals surface area contributed by atoms with Crippen molar-refractivity contribution < 1.29 is 9.52 Å². The lowest BCUT2D eigenvalue weighted by atomic mass is 10.0. The maximum atomic E-state index is 10.4. The molecule has 26 heavy (non-hydrogen) atoms. The first kappa shape index (κ1) is 16.9. The Hall–Kier alpha value is -2.55. The molecule has 1 fully saturated rings. The molecule has 1 aliphatic heterocycles. The Morgan fingerprint density at radius 2 is 2.27 bits per heavy atom. The molecule has 2 unspecified atom stereocenters. The van der Waals surface area contributed by atoms with Crippen LogP contribution in [0.25, 0.3) is 10.9 Å². The second-order valence-corrected chi connectivity index (χ2v) is 6.99. The number of pyridine rings is 1. The van der Waals surface area contributed by atoms with Gasteiger partial charge in [-0.15, -0.1) is 0 Å². The van der Waals surface area contributed by atoms with Crippen LogP contribution < -0.4 is 4.90 Å². The number of aliphatic hydroxyl groups excluding tert-OH is 1. The molecule has 1 aromatic carbocycles. The van der Waals surface area contributed by atoms with Crippen molar-refractivity contribution >= 4 is 28.3 Å². The molecule has 132 valence electrons. The Morgan fingerprint density at radius 1 is 1.38 bits per heavy atom. The van der Waals surface area contributed by atoms with E-state index in [0.717, 1.165) is 36.1 Å². The van der Waals surface area contributed by atoms with E-state index in [1.807, 2.05) is 12.1 Å². The number of hydrogen-bond donors (Lipinski definition) is 1. The molecular weight excluding hydrogens is 350 g/mol. The molecule has 0 saturated carbocycles. The molecule has 4 rings (SSSR count). The Kier molecular flexibility index (Phi) is 4.54. The number of hydrogen-bond acceptors (Lipinski definition) is 5. The minimum absolute atomic E-state index is 0.152. The van der Waals surface area contributed by atoms with Crippen LogP contribution in [-0.2, 0) is 0 Å². The maximum absolute atomic E-state index is 10.4. The average molecular weight is 368 g/mol. The van der Waals surface area contributed by atoms with Gasteiger partial charge in [0.15, 0.2) is 0 Å². The smallest absolute Gasteiger partial charge is 0.132 e. The van der Waals surface area contributed by atoms with Gasteiger partial charge in [-0.25, -0.2) is 4.98 Å². The number of aliphatic hydroxyl groups is 1. The van der Waals surface area contributed by atoms with Gasteiger partial charge in [0.1, 0.15) is 17.7 Å². The summed E-state index contributed by atoms with van der Waals surface area (Å²) in [6, 6.07) is 13.2. The Labute approximate surface area is 156 Å². The number of aromatic nitrogens is 1. The zero-order valence-corrected chi connectivity index (χ0v) is 14.9. The van der Waals surface area contributed by atoms with Gasteiger partial charge in [0.2, 0.25) is 0 Å². The summed E-state index contributed by atoms with van der Waals surface area (Å²) >= 11 is 6.06. The van der Waals surface area contributed by atoms with Crippen LogP contribution >= 0.6 is 11.6 Å². The van der Waals surface area contributed by atoms with Gasteiger partial charge >= 0.3 is 0 Å². The molecule has 1 N–H and O–H groups in total. The topological polar surface area (TPSA) is 73.3 Å². The molecule has 1 saturated heterocycles. The highest BCUT2D eigenvalue weighted by Crippen LogP contribution is 2.33. The van der Waals surface area contributed by atoms with Crippen LogP contribution in [-0.4, -0.2) is 22.7 Å². The summed E-state index contributed by atoms with van der Waals surface area (Å²) < 4.78 is 5.31. The highest BCUT2D eigenvalue weighted by atomic mass is 35.5. The second kappa shape index (κ2) is 6.99. The maximum Gasteiger partial charge on any atom is 0.132 e. The monoisotopic (exact) mass is 367 g/mol. The van der Waals surface area contributed by atoms with Gasteiger partial charge in [-0.05, 0) is 49.2 Å². The zero-order chi connectivity index (χ0) is 18.1. The van der Waals surface area contributed by atoms with E-state index in [4.69, 9.17) is 21.0 Å². The Balaban J connectivity index is 1.65. The molecule has 2 atom stereocenters. The van der Waals surface area contributed by atoms with Crippen LogP contribution in [0.5, 0.6) is 0 Å². The molecule has 3 heterocycles. The fraction of sp³-hybridized carbons (Fsp3) is 0.300. The van der Waals surface area contributed by atoms with Gasteiger partial charge in [-0.2, -0.15) is 5.26 Å². The van der Waals surface area contributed by atoms with Crippen molar-refractivity contribution in [3.63, 3.8) is 0 Å². The lowest BCUT2D eigenvalue weighted by Gasteiger charge is -2.27. The van der Waals surface area contributed by atoms with Gasteiger partial charge in [0, 0.05) is 29.4 Å². The van der Waals surface area contributed by atoms with Crippen molar-refractivity contribution in [3.8, 4) is 6.07 Å². The predicted octanol–water partition coefficient (Wildman–Crippen LogP) is 4.45. The minimum Gasteiger partial charge on any atom is -0.467 e. The minimum atomic E-state index is -0.648. The van der Waals surface area contributed by atoms with Gasteiger partial charge in [0.05, 0.1) is 23.4 Å². The van der Waals surface area contributed by atoms with Gasteiger partial charge in [0.25, 0.3) is 0 Å². The fourth-order valence-corrected chi connectivity index (χ4v) is 3.83. The third-order valence-corrected chi connectivity index (χ3v) is 5.15. The molecule has 0 radical (unpaired) electrons. The SMILES string of the molecule is N#Cc1cc(N2CCCC2CC(O)c2ccco2)nc2ccc(Cl)cc12. The van der Waals surface area contributed by atoms with E-state index in [9.17, 15) is 10.4 Å². The summed E-state index contributed by atoms with van der Waals surface area (Å²) in [5, 5.41) is 21.3. The van der Waals surface area contributed by atoms with Crippen LogP contribution in [0.2, 0.25) is 5.02 Å². The standard InChI is InChI=1S/C20H18ClN3O2/c21-14-5-6-17-16(10-14)13(12-22)9-20(23-17)24-7-1-3-15(24)11-18(25)19-4-2-8-26-19/h2,4-6,8-10,15,18,25H,1,3,7,11H2. The fourth-order valence-electron chi connectivity index (χ4n) is 3.66. The Morgan fingerprint density at radius 3 is 3.04 bits per heavy atom. The first-order chi connectivity index (χ1) is 12.7. The molecule has 1 aliphatic rings. The molecule has 0 aliphatic carbocycles. The number of nitrogens with zero attached hydrogens (tertiary/aromatic N) is 3. The van der Waals surface area contributed by atoms with Crippen LogP contribution in [0.3, 0.4) is 0 Å². The third-order valence-electron chi connectivity index (χ3n) is 4.92. The van der Waals surface area contributed by atoms with Crippen LogP contribution in [0.15, 0.2) is 47.1 Å². The lowest BCUT2D eigenvalue weighted by Crippen LogP contribution is -2.31. The predicted molar refractivity (Wildman–Crippen MR) is 100 cm³/mol. The lowest BCUT2D eigenvalue weighted by molar-refractivity contribution is 0.132. The first-order valence-electron chi connectivity index (χ1n) is 8.64. The summed E-state index contributed by atoms with van der Waals surface area (Å²) in [6.07, 6.45) is 3.48. The van der Waals surface area contributed by atoms with E-state index in [-0.39, 0.29) is 6.04 Å². The van der Waals surface area contributed by atoms with Crippen molar-refractivity contribution in [2.75, 3.05) is 11.4 Å². The van der Waals surface area contributed by atoms with Gasteiger partial charge < -0.3 is 14.4 Å². The van der Waals surface area contributed by atoms with E-state index in [1.165, 1.54) is 0 Å². The highest BCUT2D eigenvalue weighted by molar-refractivity contribution is 6.31. The quantitative estimate of drug-likeness (QED) is 0.737. The summed E-state index contributed by atoms with van der Waals surface area (Å²) in [4.78, 5) is 6.92. The second-order valence-electron chi connectivity index (χ2n) is 6.56. The molecule has 2 aromatic heterocycles. The molecule has 0 amide bonds. The van der Waals surface area contributed by atoms with Crippen LogP contribution in [0, 0.1) is 11.3 Å². The van der Waals surface area contributed by atoms with Crippen molar-refractivity contribution in [1.82, 2.24) is 4.98 Å². The van der Waals surface area contributed by atoms with Gasteiger partial charge in [-0.3, -0.25) is 0 Å². The number of fused-ring (bicyclic) bond motifs is 1. The molecule has 0 bridgehead atoms. The zero-order valence-electron chi connectivity index (χ0n) is 14.1. The number of nitriles is 1. The first-order valence-corrected chi connectivity index (χ1v) is 9.02. The number of halogens is 1. The van der Waals surface area contributed by atoms with Crippen molar-refractivity contribution in [1.29, 1.82) is 5.26 Å².